The highest BCUT2D eigenvalue weighted by Crippen LogP contribution is 2.22. The zero-order valence-electron chi connectivity index (χ0n) is 9.58. The van der Waals surface area contributed by atoms with Crippen molar-refractivity contribution in [3.05, 3.63) is 16.3 Å². The number of amides is 1. The molecule has 1 atom stereocenters. The summed E-state index contributed by atoms with van der Waals surface area (Å²) in [5, 5.41) is 10.6. The minimum atomic E-state index is -0.586. The number of rotatable bonds is 3. The summed E-state index contributed by atoms with van der Waals surface area (Å²) in [6.07, 6.45) is 1.29. The van der Waals surface area contributed by atoms with E-state index in [1.54, 1.807) is 7.05 Å². The standard InChI is InChI=1S/C9H11ClN4O4/c1-12(8(15)2-10)6-3-13-4-7(14(16)17)11-9(13)18-5-6/h4,6H,2-3,5H2,1H3. The molecule has 1 aliphatic rings. The monoisotopic (exact) mass is 274 g/mol. The van der Waals surface area contributed by atoms with E-state index in [9.17, 15) is 14.9 Å². The molecule has 0 radical (unpaired) electrons. The summed E-state index contributed by atoms with van der Waals surface area (Å²) in [6, 6.07) is -0.0118. The summed E-state index contributed by atoms with van der Waals surface area (Å²) < 4.78 is 6.81. The van der Waals surface area contributed by atoms with Gasteiger partial charge in [0.25, 0.3) is 0 Å². The molecule has 0 saturated carbocycles. The first-order valence-corrected chi connectivity index (χ1v) is 5.72. The fraction of sp³-hybridized carbons (Fsp3) is 0.556. The maximum Gasteiger partial charge on any atom is 0.414 e. The van der Waals surface area contributed by atoms with E-state index in [0.29, 0.717) is 6.54 Å². The Morgan fingerprint density at radius 1 is 1.83 bits per heavy atom. The summed E-state index contributed by atoms with van der Waals surface area (Å²) in [4.78, 5) is 26.6. The van der Waals surface area contributed by atoms with Crippen LogP contribution in [0.15, 0.2) is 6.20 Å². The van der Waals surface area contributed by atoms with Gasteiger partial charge in [-0.2, -0.15) is 0 Å². The van der Waals surface area contributed by atoms with Crippen molar-refractivity contribution in [2.24, 2.45) is 0 Å². The Kier molecular flexibility index (Phi) is 3.37. The van der Waals surface area contributed by atoms with E-state index >= 15 is 0 Å². The third-order valence-electron chi connectivity index (χ3n) is 2.78. The number of fused-ring (bicyclic) bond motifs is 1. The third-order valence-corrected chi connectivity index (χ3v) is 3.01. The van der Waals surface area contributed by atoms with Crippen LogP contribution in [-0.2, 0) is 11.3 Å². The highest BCUT2D eigenvalue weighted by atomic mass is 35.5. The van der Waals surface area contributed by atoms with Gasteiger partial charge in [0.1, 0.15) is 18.7 Å². The highest BCUT2D eigenvalue weighted by Gasteiger charge is 2.31. The molecule has 1 aromatic heterocycles. The topological polar surface area (TPSA) is 90.5 Å². The quantitative estimate of drug-likeness (QED) is 0.448. The smallest absolute Gasteiger partial charge is 0.414 e. The second kappa shape index (κ2) is 4.81. The van der Waals surface area contributed by atoms with Gasteiger partial charge in [0, 0.05) is 12.0 Å². The Morgan fingerprint density at radius 3 is 3.17 bits per heavy atom. The lowest BCUT2D eigenvalue weighted by Gasteiger charge is -2.30. The number of carbonyl (C=O) groups is 1. The molecule has 0 saturated heterocycles. The van der Waals surface area contributed by atoms with Crippen LogP contribution in [0.2, 0.25) is 0 Å². The average molecular weight is 275 g/mol. The van der Waals surface area contributed by atoms with E-state index in [-0.39, 0.29) is 36.3 Å². The SMILES string of the molecule is CN(C(=O)CCl)C1COc2nc([N+](=O)[O-])cn2C1. The highest BCUT2D eigenvalue weighted by molar-refractivity contribution is 6.27. The Hall–Kier alpha value is -1.83. The Labute approximate surface area is 107 Å². The molecule has 1 aliphatic heterocycles. The number of likely N-dealkylation sites (N-methyl/N-ethyl adjacent to an activating group) is 1. The van der Waals surface area contributed by atoms with Crippen molar-refractivity contribution in [2.75, 3.05) is 19.5 Å². The second-order valence-electron chi connectivity index (χ2n) is 3.89. The van der Waals surface area contributed by atoms with Crippen molar-refractivity contribution < 1.29 is 14.5 Å². The van der Waals surface area contributed by atoms with Crippen LogP contribution in [0.5, 0.6) is 6.01 Å². The van der Waals surface area contributed by atoms with Crippen LogP contribution in [0.4, 0.5) is 5.82 Å². The second-order valence-corrected chi connectivity index (χ2v) is 4.16. The molecule has 0 aliphatic carbocycles. The molecule has 1 aromatic rings. The number of aromatic nitrogens is 2. The van der Waals surface area contributed by atoms with E-state index in [4.69, 9.17) is 16.3 Å². The van der Waals surface area contributed by atoms with Gasteiger partial charge in [0.05, 0.1) is 12.6 Å². The summed E-state index contributed by atoms with van der Waals surface area (Å²) in [5.41, 5.74) is 0. The van der Waals surface area contributed by atoms with E-state index in [1.807, 2.05) is 0 Å². The first kappa shape index (κ1) is 12.6. The van der Waals surface area contributed by atoms with Gasteiger partial charge in [0.2, 0.25) is 5.91 Å². The maximum atomic E-state index is 11.4. The fourth-order valence-corrected chi connectivity index (χ4v) is 1.89. The van der Waals surface area contributed by atoms with E-state index in [1.165, 1.54) is 15.7 Å². The van der Waals surface area contributed by atoms with Gasteiger partial charge in [-0.1, -0.05) is 0 Å². The number of hydrogen-bond acceptors (Lipinski definition) is 5. The molecule has 9 heteroatoms. The summed E-state index contributed by atoms with van der Waals surface area (Å²) >= 11 is 5.47. The molecule has 0 N–H and O–H groups in total. The molecule has 0 aromatic carbocycles. The third kappa shape index (κ3) is 2.23. The van der Waals surface area contributed by atoms with E-state index in [0.717, 1.165) is 0 Å². The number of ether oxygens (including phenoxy) is 1. The summed E-state index contributed by atoms with van der Waals surface area (Å²) in [6.45, 7) is 0.641. The van der Waals surface area contributed by atoms with E-state index < -0.39 is 4.92 Å². The number of hydrogen-bond donors (Lipinski definition) is 0. The predicted octanol–water partition coefficient (Wildman–Crippen LogP) is 0.249. The molecule has 18 heavy (non-hydrogen) atoms. The van der Waals surface area contributed by atoms with Crippen molar-refractivity contribution in [1.82, 2.24) is 14.5 Å². The number of nitrogens with zero attached hydrogens (tertiary/aromatic N) is 4. The molecule has 0 spiro atoms. The molecule has 8 nitrogen and oxygen atoms in total. The van der Waals surface area contributed by atoms with Gasteiger partial charge in [-0.15, -0.1) is 11.6 Å². The van der Waals surface area contributed by atoms with Crippen LogP contribution >= 0.6 is 11.6 Å². The van der Waals surface area contributed by atoms with Gasteiger partial charge in [-0.05, 0) is 4.92 Å². The Bertz CT molecular complexity index is 489. The lowest BCUT2D eigenvalue weighted by Crippen LogP contribution is -2.46. The minimum absolute atomic E-state index is 0.107. The lowest BCUT2D eigenvalue weighted by atomic mass is 10.2. The van der Waals surface area contributed by atoms with Crippen molar-refractivity contribution in [3.8, 4) is 6.01 Å². The molecule has 1 amide bonds. The molecule has 98 valence electrons. The molecule has 0 bridgehead atoms. The molecule has 0 fully saturated rings. The normalized spacial score (nSPS) is 17.8. The number of nitro groups is 1. The van der Waals surface area contributed by atoms with E-state index in [2.05, 4.69) is 4.98 Å². The lowest BCUT2D eigenvalue weighted by molar-refractivity contribution is -0.389. The van der Waals surface area contributed by atoms with Gasteiger partial charge in [0.15, 0.2) is 0 Å². The van der Waals surface area contributed by atoms with Gasteiger partial charge >= 0.3 is 11.8 Å². The Morgan fingerprint density at radius 2 is 2.56 bits per heavy atom. The zero-order valence-corrected chi connectivity index (χ0v) is 10.3. The van der Waals surface area contributed by atoms with Crippen LogP contribution in [0, 0.1) is 10.1 Å². The van der Waals surface area contributed by atoms with Crippen molar-refractivity contribution >= 4 is 23.3 Å². The van der Waals surface area contributed by atoms with Crippen molar-refractivity contribution in [3.63, 3.8) is 0 Å². The number of imidazole rings is 1. The average Bonchev–Trinajstić information content (AvgIpc) is 2.79. The van der Waals surface area contributed by atoms with Crippen LogP contribution in [0.1, 0.15) is 0 Å². The first-order chi connectivity index (χ1) is 8.52. The predicted molar refractivity (Wildman–Crippen MR) is 61.7 cm³/mol. The molecule has 2 heterocycles. The summed E-state index contributed by atoms with van der Waals surface area (Å²) in [5.74, 6) is -0.593. The fourth-order valence-electron chi connectivity index (χ4n) is 1.70. The summed E-state index contributed by atoms with van der Waals surface area (Å²) in [7, 11) is 1.62. The Balaban J connectivity index is 2.14. The minimum Gasteiger partial charge on any atom is -0.444 e. The van der Waals surface area contributed by atoms with Crippen LogP contribution in [0.25, 0.3) is 0 Å². The first-order valence-electron chi connectivity index (χ1n) is 5.19. The maximum absolute atomic E-state index is 11.4. The molecule has 2 rings (SSSR count). The van der Waals surface area contributed by atoms with Gasteiger partial charge in [-0.25, -0.2) is 0 Å². The number of carbonyl (C=O) groups excluding carboxylic acids is 1. The van der Waals surface area contributed by atoms with Crippen LogP contribution in [-0.4, -0.2) is 50.9 Å². The number of halogens is 1. The molecule has 1 unspecified atom stereocenters. The number of alkyl halides is 1. The van der Waals surface area contributed by atoms with Crippen LogP contribution in [0.3, 0.4) is 0 Å². The van der Waals surface area contributed by atoms with Crippen molar-refractivity contribution in [1.29, 1.82) is 0 Å². The van der Waals surface area contributed by atoms with Crippen molar-refractivity contribution in [2.45, 2.75) is 12.6 Å². The largest absolute Gasteiger partial charge is 0.444 e. The van der Waals surface area contributed by atoms with Gasteiger partial charge < -0.3 is 19.8 Å². The van der Waals surface area contributed by atoms with Gasteiger partial charge in [-0.3, -0.25) is 9.36 Å². The zero-order chi connectivity index (χ0) is 13.3. The molecular formula is C9H11ClN4O4. The molecular weight excluding hydrogens is 264 g/mol. The van der Waals surface area contributed by atoms with Crippen LogP contribution < -0.4 is 4.74 Å².